The zero-order valence-electron chi connectivity index (χ0n) is 19.9. The van der Waals surface area contributed by atoms with Crippen LogP contribution in [-0.4, -0.2) is 55.5 Å². The van der Waals surface area contributed by atoms with Gasteiger partial charge in [-0.2, -0.15) is 0 Å². The van der Waals surface area contributed by atoms with Gasteiger partial charge in [0.2, 0.25) is 5.91 Å². The third kappa shape index (κ3) is 4.74. The molecule has 3 aliphatic rings. The predicted molar refractivity (Wildman–Crippen MR) is 130 cm³/mol. The number of amides is 1. The minimum atomic E-state index is 0.0617. The number of likely N-dealkylation sites (N-methyl/N-ethyl adjacent to an activating group) is 1. The lowest BCUT2D eigenvalue weighted by molar-refractivity contribution is -0.128. The van der Waals surface area contributed by atoms with E-state index in [2.05, 4.69) is 23.1 Å². The van der Waals surface area contributed by atoms with Crippen LogP contribution in [0.4, 0.5) is 0 Å². The number of carbonyl (C=O) groups is 1. The molecular formula is C28H36N2O3. The molecule has 5 rings (SSSR count). The molecule has 2 saturated carbocycles. The van der Waals surface area contributed by atoms with Crippen molar-refractivity contribution in [3.05, 3.63) is 60.1 Å². The fourth-order valence-corrected chi connectivity index (χ4v) is 6.12. The monoisotopic (exact) mass is 448 g/mol. The molecule has 2 aromatic rings. The maximum atomic E-state index is 13.0. The van der Waals surface area contributed by atoms with Crippen molar-refractivity contribution in [3.8, 4) is 5.75 Å². The summed E-state index contributed by atoms with van der Waals surface area (Å²) < 4.78 is 10.7. The number of likely N-dealkylation sites (tertiary alicyclic amines) is 1. The summed E-state index contributed by atoms with van der Waals surface area (Å²) in [5.41, 5.74) is 2.40. The summed E-state index contributed by atoms with van der Waals surface area (Å²) in [4.78, 5) is 17.7. The number of hydrogen-bond donors (Lipinski definition) is 0. The van der Waals surface area contributed by atoms with E-state index in [0.717, 1.165) is 49.5 Å². The Hall–Kier alpha value is -2.53. The van der Waals surface area contributed by atoms with Crippen molar-refractivity contribution in [3.63, 3.8) is 0 Å². The molecule has 0 unspecified atom stereocenters. The molecule has 176 valence electrons. The first-order valence-corrected chi connectivity index (χ1v) is 12.4. The highest BCUT2D eigenvalue weighted by Gasteiger charge is 2.49. The highest BCUT2D eigenvalue weighted by Crippen LogP contribution is 2.51. The standard InChI is InChI=1S/C28H36N2O3/c1-29(27(31)11-8-22-12-15-33-20-22)25-10-9-24-19-30(18-21-6-7-21)14-13-28(24,17-25)23-4-3-5-26(16-23)32-2/h3-5,8,11-12,15-16,20-21,24-25H,6-7,9-10,13-14,17-19H2,1-2H3/b11-8+/t24-,25+,28+/m1/s1. The molecular weight excluding hydrogens is 412 g/mol. The van der Waals surface area contributed by atoms with E-state index in [1.807, 2.05) is 30.2 Å². The van der Waals surface area contributed by atoms with E-state index in [4.69, 9.17) is 9.15 Å². The first-order chi connectivity index (χ1) is 16.1. The Morgan fingerprint density at radius 3 is 2.91 bits per heavy atom. The molecule has 1 saturated heterocycles. The number of hydrogen-bond acceptors (Lipinski definition) is 4. The average molecular weight is 449 g/mol. The SMILES string of the molecule is COc1cccc([C@@]23CCN(CC4CC4)C[C@H]2CC[C@H](N(C)C(=O)/C=C/c2ccoc2)C3)c1. The molecule has 1 aromatic carbocycles. The van der Waals surface area contributed by atoms with Gasteiger partial charge in [0.1, 0.15) is 5.75 Å². The molecule has 0 N–H and O–H groups in total. The van der Waals surface area contributed by atoms with Crippen LogP contribution in [0.15, 0.2) is 53.4 Å². The Morgan fingerprint density at radius 2 is 2.15 bits per heavy atom. The zero-order chi connectivity index (χ0) is 22.8. The Kier molecular flexibility index (Phi) is 6.33. The van der Waals surface area contributed by atoms with Crippen LogP contribution in [0, 0.1) is 11.8 Å². The van der Waals surface area contributed by atoms with Gasteiger partial charge < -0.3 is 19.0 Å². The lowest BCUT2D eigenvalue weighted by atomic mass is 9.57. The summed E-state index contributed by atoms with van der Waals surface area (Å²) in [6.07, 6.45) is 14.0. The molecule has 2 heterocycles. The smallest absolute Gasteiger partial charge is 0.246 e. The molecule has 33 heavy (non-hydrogen) atoms. The minimum absolute atomic E-state index is 0.0617. The Labute approximate surface area is 197 Å². The second-order valence-corrected chi connectivity index (χ2v) is 10.3. The van der Waals surface area contributed by atoms with Crippen LogP contribution in [0.5, 0.6) is 5.75 Å². The van der Waals surface area contributed by atoms with Gasteiger partial charge in [-0.05, 0) is 86.7 Å². The van der Waals surface area contributed by atoms with Gasteiger partial charge in [-0.15, -0.1) is 0 Å². The third-order valence-electron chi connectivity index (χ3n) is 8.30. The van der Waals surface area contributed by atoms with Crippen LogP contribution < -0.4 is 4.74 Å². The molecule has 1 amide bonds. The Balaban J connectivity index is 1.37. The summed E-state index contributed by atoms with van der Waals surface area (Å²) in [6, 6.07) is 10.8. The second kappa shape index (κ2) is 9.38. The fourth-order valence-electron chi connectivity index (χ4n) is 6.12. The quantitative estimate of drug-likeness (QED) is 0.561. The largest absolute Gasteiger partial charge is 0.497 e. The van der Waals surface area contributed by atoms with E-state index in [0.29, 0.717) is 5.92 Å². The molecule has 0 bridgehead atoms. The number of fused-ring (bicyclic) bond motifs is 1. The van der Waals surface area contributed by atoms with E-state index >= 15 is 0 Å². The predicted octanol–water partition coefficient (Wildman–Crippen LogP) is 4.98. The lowest BCUT2D eigenvalue weighted by Gasteiger charge is -2.54. The van der Waals surface area contributed by atoms with Gasteiger partial charge in [0.25, 0.3) is 0 Å². The number of furan rings is 1. The van der Waals surface area contributed by atoms with E-state index in [9.17, 15) is 4.79 Å². The second-order valence-electron chi connectivity index (χ2n) is 10.3. The Bertz CT molecular complexity index is 981. The zero-order valence-corrected chi connectivity index (χ0v) is 19.9. The normalized spacial score (nSPS) is 27.9. The highest BCUT2D eigenvalue weighted by molar-refractivity contribution is 5.91. The van der Waals surface area contributed by atoms with E-state index in [-0.39, 0.29) is 17.4 Å². The van der Waals surface area contributed by atoms with Crippen molar-refractivity contribution in [1.82, 2.24) is 9.80 Å². The third-order valence-corrected chi connectivity index (χ3v) is 8.30. The van der Waals surface area contributed by atoms with Crippen LogP contribution in [0.1, 0.15) is 49.7 Å². The number of methoxy groups -OCH3 is 1. The van der Waals surface area contributed by atoms with Crippen LogP contribution in [0.2, 0.25) is 0 Å². The van der Waals surface area contributed by atoms with Crippen LogP contribution in [0.25, 0.3) is 6.08 Å². The maximum absolute atomic E-state index is 13.0. The molecule has 5 nitrogen and oxygen atoms in total. The number of piperidine rings is 1. The van der Waals surface area contributed by atoms with Crippen molar-refractivity contribution in [2.45, 2.75) is 50.0 Å². The first-order valence-electron chi connectivity index (χ1n) is 12.4. The van der Waals surface area contributed by atoms with Crippen molar-refractivity contribution >= 4 is 12.0 Å². The van der Waals surface area contributed by atoms with Crippen LogP contribution in [0.3, 0.4) is 0 Å². The summed E-state index contributed by atoms with van der Waals surface area (Å²) in [7, 11) is 3.71. The van der Waals surface area contributed by atoms with Crippen molar-refractivity contribution in [2.24, 2.45) is 11.8 Å². The summed E-state index contributed by atoms with van der Waals surface area (Å²) in [6.45, 7) is 3.60. The molecule has 0 spiro atoms. The van der Waals surface area contributed by atoms with E-state index in [1.54, 1.807) is 25.7 Å². The lowest BCUT2D eigenvalue weighted by Crippen LogP contribution is -2.56. The summed E-state index contributed by atoms with van der Waals surface area (Å²) >= 11 is 0. The van der Waals surface area contributed by atoms with Gasteiger partial charge in [0, 0.05) is 43.2 Å². The van der Waals surface area contributed by atoms with E-state index < -0.39 is 0 Å². The van der Waals surface area contributed by atoms with Crippen LogP contribution in [-0.2, 0) is 10.2 Å². The van der Waals surface area contributed by atoms with Gasteiger partial charge in [-0.25, -0.2) is 0 Å². The van der Waals surface area contributed by atoms with E-state index in [1.165, 1.54) is 31.5 Å². The average Bonchev–Trinajstić information content (AvgIpc) is 3.51. The maximum Gasteiger partial charge on any atom is 0.246 e. The molecule has 0 radical (unpaired) electrons. The van der Waals surface area contributed by atoms with Gasteiger partial charge in [0.15, 0.2) is 0 Å². The van der Waals surface area contributed by atoms with Gasteiger partial charge >= 0.3 is 0 Å². The van der Waals surface area contributed by atoms with Gasteiger partial charge in [-0.1, -0.05) is 12.1 Å². The summed E-state index contributed by atoms with van der Waals surface area (Å²) in [5.74, 6) is 2.54. The van der Waals surface area contributed by atoms with Gasteiger partial charge in [0.05, 0.1) is 19.6 Å². The molecule has 1 aliphatic heterocycles. The number of benzene rings is 1. The van der Waals surface area contributed by atoms with Gasteiger partial charge in [-0.3, -0.25) is 4.79 Å². The van der Waals surface area contributed by atoms with Crippen LogP contribution >= 0.6 is 0 Å². The topological polar surface area (TPSA) is 45.9 Å². The summed E-state index contributed by atoms with van der Waals surface area (Å²) in [5, 5.41) is 0. The fraction of sp³-hybridized carbons (Fsp3) is 0.536. The molecule has 3 atom stereocenters. The number of nitrogens with zero attached hydrogens (tertiary/aromatic N) is 2. The molecule has 5 heteroatoms. The Morgan fingerprint density at radius 1 is 1.27 bits per heavy atom. The van der Waals surface area contributed by atoms with Crippen molar-refractivity contribution < 1.29 is 13.9 Å². The van der Waals surface area contributed by atoms with Crippen molar-refractivity contribution in [1.29, 1.82) is 0 Å². The molecule has 1 aromatic heterocycles. The molecule has 3 fully saturated rings. The minimum Gasteiger partial charge on any atom is -0.497 e. The van der Waals surface area contributed by atoms with Crippen molar-refractivity contribution in [2.75, 3.05) is 33.8 Å². The number of carbonyl (C=O) groups excluding carboxylic acids is 1. The first kappa shape index (κ1) is 22.3. The number of rotatable bonds is 7. The number of ether oxygens (including phenoxy) is 1. The molecule has 2 aliphatic carbocycles. The highest BCUT2D eigenvalue weighted by atomic mass is 16.5.